The van der Waals surface area contributed by atoms with Gasteiger partial charge in [0.2, 0.25) is 0 Å². The van der Waals surface area contributed by atoms with E-state index < -0.39 is 5.97 Å². The molecule has 0 bridgehead atoms. The highest BCUT2D eigenvalue weighted by Gasteiger charge is 2.11. The SMILES string of the molecule is COc1ccc(/C=C(/C#N)c2ccc(Cl)cc2)cc1C(=O)O. The fraction of sp³-hybridized carbons (Fsp3) is 0.0588. The quantitative estimate of drug-likeness (QED) is 0.681. The maximum absolute atomic E-state index is 11.2. The number of hydrogen-bond acceptors (Lipinski definition) is 3. The second-order valence-corrected chi connectivity index (χ2v) is 4.88. The third-order valence-corrected chi connectivity index (χ3v) is 3.29. The molecule has 2 rings (SSSR count). The number of nitrogens with zero attached hydrogens (tertiary/aromatic N) is 1. The average molecular weight is 314 g/mol. The van der Waals surface area contributed by atoms with Gasteiger partial charge in [0, 0.05) is 5.02 Å². The molecule has 0 aliphatic heterocycles. The van der Waals surface area contributed by atoms with Gasteiger partial charge in [-0.3, -0.25) is 0 Å². The summed E-state index contributed by atoms with van der Waals surface area (Å²) < 4.78 is 5.01. The Balaban J connectivity index is 2.46. The predicted octanol–water partition coefficient (Wildman–Crippen LogP) is 4.11. The first kappa shape index (κ1) is 15.6. The van der Waals surface area contributed by atoms with Crippen LogP contribution in [0.3, 0.4) is 0 Å². The molecule has 22 heavy (non-hydrogen) atoms. The van der Waals surface area contributed by atoms with E-state index in [0.717, 1.165) is 0 Å². The van der Waals surface area contributed by atoms with Crippen molar-refractivity contribution in [2.45, 2.75) is 0 Å². The van der Waals surface area contributed by atoms with Crippen LogP contribution in [0.1, 0.15) is 21.5 Å². The number of rotatable bonds is 4. The number of halogens is 1. The molecule has 1 N–H and O–H groups in total. The molecule has 0 aliphatic carbocycles. The zero-order chi connectivity index (χ0) is 16.1. The van der Waals surface area contributed by atoms with Crippen LogP contribution < -0.4 is 4.74 Å². The lowest BCUT2D eigenvalue weighted by atomic mass is 10.0. The highest BCUT2D eigenvalue weighted by atomic mass is 35.5. The molecular weight excluding hydrogens is 302 g/mol. The summed E-state index contributed by atoms with van der Waals surface area (Å²) in [4.78, 5) is 11.2. The summed E-state index contributed by atoms with van der Waals surface area (Å²) in [5.74, 6) is -0.813. The van der Waals surface area contributed by atoms with Gasteiger partial charge in [0.05, 0.1) is 18.8 Å². The second-order valence-electron chi connectivity index (χ2n) is 4.44. The number of hydrogen-bond donors (Lipinski definition) is 1. The Hall–Kier alpha value is -2.77. The van der Waals surface area contributed by atoms with Crippen molar-refractivity contribution in [1.29, 1.82) is 5.26 Å². The molecule has 0 saturated carbocycles. The number of methoxy groups -OCH3 is 1. The lowest BCUT2D eigenvalue weighted by Crippen LogP contribution is -2.00. The number of carbonyl (C=O) groups is 1. The van der Waals surface area contributed by atoms with Crippen molar-refractivity contribution in [1.82, 2.24) is 0 Å². The van der Waals surface area contributed by atoms with Gasteiger partial charge in [-0.25, -0.2) is 4.79 Å². The van der Waals surface area contributed by atoms with Crippen molar-refractivity contribution in [2.24, 2.45) is 0 Å². The molecule has 4 nitrogen and oxygen atoms in total. The van der Waals surface area contributed by atoms with Crippen LogP contribution in [-0.4, -0.2) is 18.2 Å². The fourth-order valence-corrected chi connectivity index (χ4v) is 2.08. The van der Waals surface area contributed by atoms with Crippen LogP contribution in [0.2, 0.25) is 5.02 Å². The third kappa shape index (κ3) is 3.46. The van der Waals surface area contributed by atoms with E-state index in [9.17, 15) is 15.2 Å². The van der Waals surface area contributed by atoms with E-state index in [-0.39, 0.29) is 11.3 Å². The Kier molecular flexibility index (Phi) is 4.82. The molecule has 5 heteroatoms. The summed E-state index contributed by atoms with van der Waals surface area (Å²) in [6.45, 7) is 0. The first-order valence-corrected chi connectivity index (χ1v) is 6.72. The van der Waals surface area contributed by atoms with E-state index in [0.29, 0.717) is 21.7 Å². The first-order chi connectivity index (χ1) is 10.5. The van der Waals surface area contributed by atoms with Gasteiger partial charge in [-0.1, -0.05) is 29.8 Å². The normalized spacial score (nSPS) is 10.9. The third-order valence-electron chi connectivity index (χ3n) is 3.04. The molecule has 2 aromatic rings. The highest BCUT2D eigenvalue weighted by molar-refractivity contribution is 6.30. The van der Waals surface area contributed by atoms with Gasteiger partial charge < -0.3 is 9.84 Å². The van der Waals surface area contributed by atoms with Gasteiger partial charge in [-0.2, -0.15) is 5.26 Å². The molecule has 0 atom stereocenters. The lowest BCUT2D eigenvalue weighted by Gasteiger charge is -2.06. The number of benzene rings is 2. The Morgan fingerprint density at radius 3 is 2.50 bits per heavy atom. The zero-order valence-electron chi connectivity index (χ0n) is 11.7. The topological polar surface area (TPSA) is 70.3 Å². The molecule has 0 aliphatic rings. The van der Waals surface area contributed by atoms with Crippen molar-refractivity contribution in [3.05, 3.63) is 64.2 Å². The van der Waals surface area contributed by atoms with Gasteiger partial charge in [-0.05, 0) is 41.5 Å². The van der Waals surface area contributed by atoms with E-state index in [4.69, 9.17) is 16.3 Å². The molecule has 2 aromatic carbocycles. The predicted molar refractivity (Wildman–Crippen MR) is 84.9 cm³/mol. The van der Waals surface area contributed by atoms with Gasteiger partial charge in [-0.15, -0.1) is 0 Å². The molecule has 0 heterocycles. The largest absolute Gasteiger partial charge is 0.496 e. The molecule has 0 unspecified atom stereocenters. The van der Waals surface area contributed by atoms with Crippen LogP contribution in [0.15, 0.2) is 42.5 Å². The molecule has 0 radical (unpaired) electrons. The minimum Gasteiger partial charge on any atom is -0.496 e. The lowest BCUT2D eigenvalue weighted by molar-refractivity contribution is 0.0693. The van der Waals surface area contributed by atoms with Crippen LogP contribution in [-0.2, 0) is 0 Å². The monoisotopic (exact) mass is 313 g/mol. The van der Waals surface area contributed by atoms with E-state index >= 15 is 0 Å². The first-order valence-electron chi connectivity index (χ1n) is 6.34. The minimum absolute atomic E-state index is 0.0460. The summed E-state index contributed by atoms with van der Waals surface area (Å²) in [5, 5.41) is 19.1. The van der Waals surface area contributed by atoms with E-state index in [2.05, 4.69) is 6.07 Å². The van der Waals surface area contributed by atoms with Crippen LogP contribution in [0.4, 0.5) is 0 Å². The maximum Gasteiger partial charge on any atom is 0.339 e. The van der Waals surface area contributed by atoms with Gasteiger partial charge in [0.25, 0.3) is 0 Å². The highest BCUT2D eigenvalue weighted by Crippen LogP contribution is 2.24. The van der Waals surface area contributed by atoms with Crippen LogP contribution in [0, 0.1) is 11.3 Å². The van der Waals surface area contributed by atoms with Crippen molar-refractivity contribution < 1.29 is 14.6 Å². The van der Waals surface area contributed by atoms with Gasteiger partial charge >= 0.3 is 5.97 Å². The second kappa shape index (κ2) is 6.79. The van der Waals surface area contributed by atoms with Gasteiger partial charge in [0.1, 0.15) is 11.3 Å². The van der Waals surface area contributed by atoms with Crippen molar-refractivity contribution in [3.63, 3.8) is 0 Å². The van der Waals surface area contributed by atoms with E-state index in [1.165, 1.54) is 13.2 Å². The summed E-state index contributed by atoms with van der Waals surface area (Å²) in [5.41, 5.74) is 1.77. The summed E-state index contributed by atoms with van der Waals surface area (Å²) in [6, 6.07) is 13.7. The Bertz CT molecular complexity index is 773. The molecule has 0 fully saturated rings. The number of aromatic carboxylic acids is 1. The van der Waals surface area contributed by atoms with E-state index in [1.807, 2.05) is 0 Å². The summed E-state index contributed by atoms with van der Waals surface area (Å²) >= 11 is 5.83. The average Bonchev–Trinajstić information content (AvgIpc) is 2.53. The molecular formula is C17H12ClNO3. The van der Waals surface area contributed by atoms with E-state index in [1.54, 1.807) is 42.5 Å². The molecule has 0 aromatic heterocycles. The minimum atomic E-state index is -1.09. The van der Waals surface area contributed by atoms with Gasteiger partial charge in [0.15, 0.2) is 0 Å². The summed E-state index contributed by atoms with van der Waals surface area (Å²) in [6.07, 6.45) is 1.62. The van der Waals surface area contributed by atoms with Crippen molar-refractivity contribution in [2.75, 3.05) is 7.11 Å². The number of carboxylic acid groups (broad SMARTS) is 1. The Morgan fingerprint density at radius 1 is 1.27 bits per heavy atom. The number of nitriles is 1. The van der Waals surface area contributed by atoms with Crippen LogP contribution in [0.5, 0.6) is 5.75 Å². The van der Waals surface area contributed by atoms with Crippen LogP contribution in [0.25, 0.3) is 11.6 Å². The molecule has 0 amide bonds. The number of allylic oxidation sites excluding steroid dienone is 1. The summed E-state index contributed by atoms with van der Waals surface area (Å²) in [7, 11) is 1.41. The standard InChI is InChI=1S/C17H12ClNO3/c1-22-16-7-2-11(9-15(16)17(20)21)8-13(10-19)12-3-5-14(18)6-4-12/h2-9H,1H3,(H,20,21)/b13-8-. The Morgan fingerprint density at radius 2 is 1.95 bits per heavy atom. The number of ether oxygens (including phenoxy) is 1. The molecule has 110 valence electrons. The smallest absolute Gasteiger partial charge is 0.339 e. The van der Waals surface area contributed by atoms with Crippen molar-refractivity contribution in [3.8, 4) is 11.8 Å². The maximum atomic E-state index is 11.2. The molecule has 0 saturated heterocycles. The molecule has 0 spiro atoms. The Labute approximate surface area is 132 Å². The fourth-order valence-electron chi connectivity index (χ4n) is 1.96. The number of carboxylic acids is 1. The van der Waals surface area contributed by atoms with Crippen molar-refractivity contribution >= 4 is 29.2 Å². The van der Waals surface area contributed by atoms with Crippen LogP contribution >= 0.6 is 11.6 Å². The zero-order valence-corrected chi connectivity index (χ0v) is 12.5.